The summed E-state index contributed by atoms with van der Waals surface area (Å²) in [4.78, 5) is 39.6. The molecule has 3 aliphatic heterocycles. The molecule has 2 saturated heterocycles. The third-order valence-corrected chi connectivity index (χ3v) is 12.4. The Hall–Kier alpha value is -5.47. The van der Waals surface area contributed by atoms with Crippen LogP contribution in [0.3, 0.4) is 0 Å². The van der Waals surface area contributed by atoms with E-state index in [1.54, 1.807) is 10.7 Å². The number of hydrogen-bond donors (Lipinski definition) is 2. The summed E-state index contributed by atoms with van der Waals surface area (Å²) in [6.45, 7) is 7.41. The van der Waals surface area contributed by atoms with Crippen LogP contribution in [0.2, 0.25) is 0 Å². The minimum absolute atomic E-state index is 0.124. The van der Waals surface area contributed by atoms with E-state index in [2.05, 4.69) is 38.9 Å². The maximum absolute atomic E-state index is 16.4. The highest BCUT2D eigenvalue weighted by Crippen LogP contribution is 2.41. The summed E-state index contributed by atoms with van der Waals surface area (Å²) >= 11 is 0. The Morgan fingerprint density at radius 1 is 0.912 bits per heavy atom. The molecule has 6 atom stereocenters. The molecule has 0 bridgehead atoms. The molecular weight excluding hydrogens is 729 g/mol. The van der Waals surface area contributed by atoms with Gasteiger partial charge in [-0.15, -0.1) is 0 Å². The molecular formula is C43H47F2N9O3. The van der Waals surface area contributed by atoms with Gasteiger partial charge >= 0.3 is 0 Å². The lowest BCUT2D eigenvalue weighted by Crippen LogP contribution is -2.58. The molecule has 3 fully saturated rings. The summed E-state index contributed by atoms with van der Waals surface area (Å²) in [7, 11) is 0. The topological polar surface area (TPSA) is 135 Å². The number of hydrogen-bond acceptors (Lipinski definition) is 10. The second-order valence-electron chi connectivity index (χ2n) is 16.2. The minimum atomic E-state index is -1.13. The number of halogens is 2. The molecule has 14 heteroatoms. The Bertz CT molecular complexity index is 2290. The van der Waals surface area contributed by atoms with Gasteiger partial charge < -0.3 is 15.4 Å². The Morgan fingerprint density at radius 2 is 1.63 bits per heavy atom. The number of piperidine rings is 1. The van der Waals surface area contributed by atoms with E-state index in [0.29, 0.717) is 85.8 Å². The molecule has 4 aliphatic rings. The van der Waals surface area contributed by atoms with Crippen LogP contribution in [0.15, 0.2) is 73.1 Å². The lowest BCUT2D eigenvalue weighted by Gasteiger charge is -2.47. The molecule has 12 nitrogen and oxygen atoms in total. The fraction of sp³-hybridized carbons (Fsp3) is 0.419. The maximum atomic E-state index is 16.4. The average molecular weight is 776 g/mol. The van der Waals surface area contributed by atoms with Crippen molar-refractivity contribution < 1.29 is 23.1 Å². The number of fused-ring (bicyclic) bond motifs is 2. The molecule has 2 aromatic heterocycles. The molecule has 2 amide bonds. The van der Waals surface area contributed by atoms with Crippen molar-refractivity contribution in [2.24, 2.45) is 5.92 Å². The number of imide groups is 1. The minimum Gasteiger partial charge on any atom is -0.457 e. The molecule has 3 N–H and O–H groups in total. The third-order valence-electron chi connectivity index (χ3n) is 12.4. The number of carbonyl (C=O) groups excluding carboxylic acids is 2. The average Bonchev–Trinajstić information content (AvgIpc) is 3.79. The van der Waals surface area contributed by atoms with Gasteiger partial charge in [0.05, 0.1) is 23.2 Å². The number of para-hydroxylation sites is 1. The first-order chi connectivity index (χ1) is 27.6. The third kappa shape index (κ3) is 7.20. The molecule has 57 heavy (non-hydrogen) atoms. The Labute approximate surface area is 330 Å². The monoisotopic (exact) mass is 775 g/mol. The zero-order valence-electron chi connectivity index (χ0n) is 32.2. The molecule has 1 aliphatic carbocycles. The number of benzene rings is 3. The van der Waals surface area contributed by atoms with Crippen LogP contribution in [0.5, 0.6) is 11.5 Å². The highest BCUT2D eigenvalue weighted by atomic mass is 19.1. The number of nitrogens with zero attached hydrogens (tertiary/aromatic N) is 7. The van der Waals surface area contributed by atoms with E-state index < -0.39 is 18.3 Å². The van der Waals surface area contributed by atoms with E-state index in [-0.39, 0.29) is 35.6 Å². The van der Waals surface area contributed by atoms with E-state index >= 15 is 8.78 Å². The van der Waals surface area contributed by atoms with Crippen LogP contribution < -0.4 is 20.7 Å². The number of amides is 2. The van der Waals surface area contributed by atoms with E-state index in [4.69, 9.17) is 15.6 Å². The number of anilines is 2. The van der Waals surface area contributed by atoms with Gasteiger partial charge in [0, 0.05) is 56.8 Å². The highest BCUT2D eigenvalue weighted by molar-refractivity contribution is 6.00. The fourth-order valence-electron chi connectivity index (χ4n) is 9.49. The number of nitrogen functional groups attached to an aromatic ring is 1. The second kappa shape index (κ2) is 15.1. The smallest absolute Gasteiger partial charge is 0.243 e. The SMILES string of the molecule is CC1CN(c2cc3c(cc2F)CN(C2CCC(=O)NC2=O)C3)CC(C)N1CC1CCC(n2nc(-c3ccc(Oc4ccccc4)cc3)c3c(N)ncnc32)C(F)C1. The Kier molecular flexibility index (Phi) is 9.85. The van der Waals surface area contributed by atoms with Crippen molar-refractivity contribution in [3.8, 4) is 22.8 Å². The van der Waals surface area contributed by atoms with Gasteiger partial charge in [0.15, 0.2) is 5.65 Å². The first kappa shape index (κ1) is 37.1. The molecule has 5 heterocycles. The second-order valence-corrected chi connectivity index (χ2v) is 16.2. The Morgan fingerprint density at radius 3 is 2.35 bits per heavy atom. The lowest BCUT2D eigenvalue weighted by molar-refractivity contribution is -0.137. The lowest BCUT2D eigenvalue weighted by atomic mass is 9.83. The number of ether oxygens (including phenoxy) is 1. The first-order valence-corrected chi connectivity index (χ1v) is 20.0. The van der Waals surface area contributed by atoms with Gasteiger partial charge in [0.25, 0.3) is 0 Å². The van der Waals surface area contributed by atoms with Crippen molar-refractivity contribution >= 4 is 34.4 Å². The fourth-order valence-corrected chi connectivity index (χ4v) is 9.49. The summed E-state index contributed by atoms with van der Waals surface area (Å²) < 4.78 is 39.8. The molecule has 1 saturated carbocycles. The number of alkyl halides is 1. The molecule has 296 valence electrons. The van der Waals surface area contributed by atoms with Gasteiger partial charge in [-0.2, -0.15) is 5.10 Å². The van der Waals surface area contributed by atoms with E-state index in [1.807, 2.05) is 65.6 Å². The molecule has 0 radical (unpaired) electrons. The molecule has 0 spiro atoms. The zero-order valence-corrected chi connectivity index (χ0v) is 32.2. The number of aromatic nitrogens is 4. The molecule has 5 aromatic rings. The summed E-state index contributed by atoms with van der Waals surface area (Å²) in [5.74, 6) is 1.09. The summed E-state index contributed by atoms with van der Waals surface area (Å²) in [5.41, 5.74) is 10.8. The number of nitrogens with one attached hydrogen (secondary N) is 1. The first-order valence-electron chi connectivity index (χ1n) is 20.0. The standard InChI is InChI=1S/C43H47F2N9O3/c1-25-19-51(37-18-30-23-52(22-29(30)17-34(37)45)36-14-15-38(55)49-43(36)56)20-26(2)53(25)21-27-8-13-35(33(44)16-27)54-42-39(41(46)47-24-48-42)40(50-54)28-9-11-32(12-10-28)57-31-6-4-3-5-7-31/h3-7,9-12,17-18,24-27,33,35-36H,8,13-16,19-23H2,1-2H3,(H2,46,47,48)(H,49,55,56). The Balaban J connectivity index is 0.852. The predicted molar refractivity (Wildman–Crippen MR) is 213 cm³/mol. The van der Waals surface area contributed by atoms with Crippen LogP contribution in [-0.4, -0.2) is 85.3 Å². The van der Waals surface area contributed by atoms with E-state index in [9.17, 15) is 9.59 Å². The normalized spacial score (nSPS) is 25.8. The van der Waals surface area contributed by atoms with E-state index in [1.165, 1.54) is 6.33 Å². The van der Waals surface area contributed by atoms with Crippen LogP contribution in [0.1, 0.15) is 63.1 Å². The summed E-state index contributed by atoms with van der Waals surface area (Å²) in [5, 5.41) is 7.99. The molecule has 9 rings (SSSR count). The molecule has 3 aromatic carbocycles. The van der Waals surface area contributed by atoms with Crippen LogP contribution in [0, 0.1) is 11.7 Å². The zero-order chi connectivity index (χ0) is 39.4. The number of carbonyl (C=O) groups is 2. The predicted octanol–water partition coefficient (Wildman–Crippen LogP) is 6.41. The van der Waals surface area contributed by atoms with Gasteiger partial charge in [0.2, 0.25) is 11.8 Å². The van der Waals surface area contributed by atoms with Crippen molar-refractivity contribution in [2.45, 2.75) is 89.4 Å². The van der Waals surface area contributed by atoms with Crippen molar-refractivity contribution in [1.82, 2.24) is 34.9 Å². The van der Waals surface area contributed by atoms with Crippen LogP contribution in [0.25, 0.3) is 22.3 Å². The van der Waals surface area contributed by atoms with Gasteiger partial charge in [-0.3, -0.25) is 24.7 Å². The number of rotatable bonds is 8. The summed E-state index contributed by atoms with van der Waals surface area (Å²) in [6.07, 6.45) is 2.89. The van der Waals surface area contributed by atoms with Crippen LogP contribution in [0.4, 0.5) is 20.3 Å². The largest absolute Gasteiger partial charge is 0.457 e. The van der Waals surface area contributed by atoms with Gasteiger partial charge in [-0.25, -0.2) is 23.4 Å². The number of piperazine rings is 1. The maximum Gasteiger partial charge on any atom is 0.243 e. The van der Waals surface area contributed by atoms with E-state index in [0.717, 1.165) is 35.4 Å². The van der Waals surface area contributed by atoms with Crippen LogP contribution in [-0.2, 0) is 22.7 Å². The van der Waals surface area contributed by atoms with Gasteiger partial charge in [0.1, 0.15) is 41.3 Å². The van der Waals surface area contributed by atoms with Gasteiger partial charge in [-0.1, -0.05) is 18.2 Å². The van der Waals surface area contributed by atoms with Crippen molar-refractivity contribution in [1.29, 1.82) is 0 Å². The van der Waals surface area contributed by atoms with Gasteiger partial charge in [-0.05, 0) is 105 Å². The van der Waals surface area contributed by atoms with Crippen LogP contribution >= 0.6 is 0 Å². The summed E-state index contributed by atoms with van der Waals surface area (Å²) in [6, 6.07) is 20.1. The van der Waals surface area contributed by atoms with Crippen molar-refractivity contribution in [3.05, 3.63) is 90.0 Å². The highest BCUT2D eigenvalue weighted by Gasteiger charge is 2.39. The van der Waals surface area contributed by atoms with Crippen molar-refractivity contribution in [3.63, 3.8) is 0 Å². The molecule has 6 unspecified atom stereocenters. The number of nitrogens with two attached hydrogens (primary N) is 1. The quantitative estimate of drug-likeness (QED) is 0.171. The van der Waals surface area contributed by atoms with Crippen molar-refractivity contribution in [2.75, 3.05) is 30.3 Å².